The molecule has 128 valence electrons. The van der Waals surface area contributed by atoms with Crippen molar-refractivity contribution in [2.45, 2.75) is 18.9 Å². The highest BCUT2D eigenvalue weighted by molar-refractivity contribution is 5.99. The normalized spacial score (nSPS) is 17.9. The number of piperidine rings is 1. The molecule has 2 heterocycles. The van der Waals surface area contributed by atoms with E-state index in [0.29, 0.717) is 35.4 Å². The smallest absolute Gasteiger partial charge is 0.408 e. The second kappa shape index (κ2) is 6.08. The van der Waals surface area contributed by atoms with E-state index < -0.39 is 11.8 Å². The molecule has 6 nitrogen and oxygen atoms in total. The molecule has 0 unspecified atom stereocenters. The summed E-state index contributed by atoms with van der Waals surface area (Å²) in [6, 6.07) is 10.8. The second-order valence-corrected chi connectivity index (χ2v) is 6.03. The molecule has 0 saturated carbocycles. The van der Waals surface area contributed by atoms with Crippen molar-refractivity contribution >= 4 is 28.4 Å². The Morgan fingerprint density at radius 2 is 2.08 bits per heavy atom. The number of hydrogen-bond donors (Lipinski definition) is 2. The molecule has 2 N–H and O–H groups in total. The number of carbonyl (C=O) groups excluding carboxylic acids is 1. The summed E-state index contributed by atoms with van der Waals surface area (Å²) >= 11 is 0. The topological polar surface area (TPSA) is 78.3 Å². The zero-order valence-corrected chi connectivity index (χ0v) is 13.3. The Hall–Kier alpha value is -3.09. The highest BCUT2D eigenvalue weighted by Gasteiger charge is 2.29. The Labute approximate surface area is 142 Å². The lowest BCUT2D eigenvalue weighted by Crippen LogP contribution is -2.47. The summed E-state index contributed by atoms with van der Waals surface area (Å²) in [4.78, 5) is 28.2. The third kappa shape index (κ3) is 3.00. The van der Waals surface area contributed by atoms with Gasteiger partial charge >= 0.3 is 5.76 Å². The first-order valence-electron chi connectivity index (χ1n) is 8.06. The van der Waals surface area contributed by atoms with Gasteiger partial charge in [-0.3, -0.25) is 9.78 Å². The Balaban J connectivity index is 1.56. The van der Waals surface area contributed by atoms with Gasteiger partial charge in [-0.1, -0.05) is 6.07 Å². The number of halogens is 1. The molecule has 1 fully saturated rings. The van der Waals surface area contributed by atoms with Crippen molar-refractivity contribution in [2.75, 3.05) is 16.8 Å². The van der Waals surface area contributed by atoms with Gasteiger partial charge in [0.05, 0.1) is 5.52 Å². The fourth-order valence-electron chi connectivity index (χ4n) is 3.15. The maximum absolute atomic E-state index is 13.5. The predicted octanol–water partition coefficient (Wildman–Crippen LogP) is 2.87. The number of H-pyrrole nitrogens is 1. The zero-order chi connectivity index (χ0) is 17.4. The molecule has 1 aliphatic heterocycles. The average molecular weight is 341 g/mol. The monoisotopic (exact) mass is 341 g/mol. The van der Waals surface area contributed by atoms with Gasteiger partial charge in [0, 0.05) is 17.9 Å². The fraction of sp³-hybridized carbons (Fsp3) is 0.222. The Bertz CT molecular complexity index is 994. The van der Waals surface area contributed by atoms with Gasteiger partial charge in [-0.15, -0.1) is 0 Å². The first kappa shape index (κ1) is 15.4. The van der Waals surface area contributed by atoms with Crippen molar-refractivity contribution in [1.29, 1.82) is 0 Å². The van der Waals surface area contributed by atoms with E-state index in [1.54, 1.807) is 35.2 Å². The molecule has 25 heavy (non-hydrogen) atoms. The molecule has 0 aliphatic carbocycles. The summed E-state index contributed by atoms with van der Waals surface area (Å²) in [5.74, 6) is -0.981. The molecule has 1 aromatic heterocycles. The van der Waals surface area contributed by atoms with Gasteiger partial charge in [0.15, 0.2) is 5.58 Å². The zero-order valence-electron chi connectivity index (χ0n) is 13.3. The van der Waals surface area contributed by atoms with E-state index in [0.717, 1.165) is 6.42 Å². The Morgan fingerprint density at radius 1 is 1.20 bits per heavy atom. The molecule has 0 bridgehead atoms. The van der Waals surface area contributed by atoms with Crippen molar-refractivity contribution in [2.24, 2.45) is 0 Å². The number of aromatic nitrogens is 1. The van der Waals surface area contributed by atoms with Crippen molar-refractivity contribution in [1.82, 2.24) is 4.98 Å². The van der Waals surface area contributed by atoms with Crippen molar-refractivity contribution in [3.63, 3.8) is 0 Å². The minimum absolute atomic E-state index is 0.0994. The predicted molar refractivity (Wildman–Crippen MR) is 92.2 cm³/mol. The van der Waals surface area contributed by atoms with Crippen LogP contribution in [0, 0.1) is 5.82 Å². The van der Waals surface area contributed by atoms with Crippen LogP contribution in [0.25, 0.3) is 11.1 Å². The molecule has 2 aromatic carbocycles. The van der Waals surface area contributed by atoms with Crippen molar-refractivity contribution < 1.29 is 13.6 Å². The van der Waals surface area contributed by atoms with Crippen molar-refractivity contribution in [3.05, 3.63) is 58.8 Å². The standard InChI is InChI=1S/C18H16FN3O3/c19-11-3-1-4-13(9-11)22-8-2-5-14(17(22)23)20-12-6-7-16-15(10-12)21-18(24)25-16/h1,3-4,6-7,9-10,14,20H,2,5,8H2,(H,21,24)/t14-/m1/s1. The van der Waals surface area contributed by atoms with Crippen LogP contribution >= 0.6 is 0 Å². The molecule has 1 saturated heterocycles. The number of nitrogens with one attached hydrogen (secondary N) is 2. The average Bonchev–Trinajstić information content (AvgIpc) is 2.96. The third-order valence-electron chi connectivity index (χ3n) is 4.32. The number of amides is 1. The van der Waals surface area contributed by atoms with Crippen LogP contribution in [-0.2, 0) is 4.79 Å². The van der Waals surface area contributed by atoms with Gasteiger partial charge in [-0.05, 0) is 49.2 Å². The summed E-state index contributed by atoms with van der Waals surface area (Å²) in [6.45, 7) is 0.564. The lowest BCUT2D eigenvalue weighted by atomic mass is 10.0. The van der Waals surface area contributed by atoms with Gasteiger partial charge in [0.25, 0.3) is 0 Å². The first-order chi connectivity index (χ1) is 12.1. The Morgan fingerprint density at radius 3 is 2.92 bits per heavy atom. The number of hydrogen-bond acceptors (Lipinski definition) is 4. The van der Waals surface area contributed by atoms with Crippen LogP contribution in [0.3, 0.4) is 0 Å². The van der Waals surface area contributed by atoms with Gasteiger partial charge in [0.1, 0.15) is 11.9 Å². The maximum Gasteiger partial charge on any atom is 0.417 e. The van der Waals surface area contributed by atoms with Crippen LogP contribution in [0.2, 0.25) is 0 Å². The second-order valence-electron chi connectivity index (χ2n) is 6.03. The number of aromatic amines is 1. The SMILES string of the molecule is O=C1[C@H](Nc2ccc3oc(=O)[nH]c3c2)CCCN1c1cccc(F)c1. The van der Waals surface area contributed by atoms with E-state index in [4.69, 9.17) is 4.42 Å². The van der Waals surface area contributed by atoms with E-state index in [9.17, 15) is 14.0 Å². The number of benzene rings is 2. The van der Waals surface area contributed by atoms with E-state index in [2.05, 4.69) is 10.3 Å². The largest absolute Gasteiger partial charge is 0.417 e. The molecule has 1 aliphatic rings. The molecule has 0 spiro atoms. The summed E-state index contributed by atoms with van der Waals surface area (Å²) in [5, 5.41) is 3.20. The highest BCUT2D eigenvalue weighted by Crippen LogP contribution is 2.25. The Kier molecular flexibility index (Phi) is 3.76. The highest BCUT2D eigenvalue weighted by atomic mass is 19.1. The molecular weight excluding hydrogens is 325 g/mol. The van der Waals surface area contributed by atoms with Gasteiger partial charge in [-0.2, -0.15) is 0 Å². The molecule has 0 radical (unpaired) electrons. The van der Waals surface area contributed by atoms with E-state index in [-0.39, 0.29) is 11.7 Å². The molecule has 4 rings (SSSR count). The van der Waals surface area contributed by atoms with Gasteiger partial charge in [-0.25, -0.2) is 9.18 Å². The van der Waals surface area contributed by atoms with Crippen LogP contribution in [0.1, 0.15) is 12.8 Å². The number of oxazole rings is 1. The molecule has 1 amide bonds. The van der Waals surface area contributed by atoms with Crippen LogP contribution < -0.4 is 16.0 Å². The van der Waals surface area contributed by atoms with Crippen LogP contribution in [0.5, 0.6) is 0 Å². The minimum Gasteiger partial charge on any atom is -0.408 e. The van der Waals surface area contributed by atoms with E-state index in [1.807, 2.05) is 0 Å². The van der Waals surface area contributed by atoms with Crippen molar-refractivity contribution in [3.8, 4) is 0 Å². The number of anilines is 2. The quantitative estimate of drug-likeness (QED) is 0.768. The molecule has 3 aromatic rings. The fourth-order valence-corrected chi connectivity index (χ4v) is 3.15. The number of fused-ring (bicyclic) bond motifs is 1. The first-order valence-corrected chi connectivity index (χ1v) is 8.06. The molecule has 1 atom stereocenters. The van der Waals surface area contributed by atoms with E-state index in [1.165, 1.54) is 12.1 Å². The summed E-state index contributed by atoms with van der Waals surface area (Å²) in [7, 11) is 0. The lowest BCUT2D eigenvalue weighted by molar-refractivity contribution is -0.120. The number of nitrogens with zero attached hydrogens (tertiary/aromatic N) is 1. The third-order valence-corrected chi connectivity index (χ3v) is 4.32. The van der Waals surface area contributed by atoms with Gasteiger partial charge < -0.3 is 14.6 Å². The lowest BCUT2D eigenvalue weighted by Gasteiger charge is -2.33. The van der Waals surface area contributed by atoms with Gasteiger partial charge in [0.2, 0.25) is 5.91 Å². The summed E-state index contributed by atoms with van der Waals surface area (Å²) in [5.41, 5.74) is 2.31. The van der Waals surface area contributed by atoms with Crippen LogP contribution in [0.15, 0.2) is 51.7 Å². The number of carbonyl (C=O) groups is 1. The maximum atomic E-state index is 13.5. The molecule has 7 heteroatoms. The summed E-state index contributed by atoms with van der Waals surface area (Å²) < 4.78 is 18.4. The minimum atomic E-state index is -0.516. The molecular formula is C18H16FN3O3. The van der Waals surface area contributed by atoms with E-state index >= 15 is 0 Å². The van der Waals surface area contributed by atoms with Crippen LogP contribution in [0.4, 0.5) is 15.8 Å². The summed E-state index contributed by atoms with van der Waals surface area (Å²) in [6.07, 6.45) is 1.50. The van der Waals surface area contributed by atoms with Crippen LogP contribution in [-0.4, -0.2) is 23.5 Å². The number of rotatable bonds is 3.